The van der Waals surface area contributed by atoms with Crippen LogP contribution in [0.4, 0.5) is 10.8 Å². The zero-order valence-corrected chi connectivity index (χ0v) is 20.5. The molecule has 0 saturated heterocycles. The van der Waals surface area contributed by atoms with Gasteiger partial charge in [-0.25, -0.2) is 18.4 Å². The summed E-state index contributed by atoms with van der Waals surface area (Å²) in [5, 5.41) is 3.59. The molecule has 4 rings (SSSR count). The van der Waals surface area contributed by atoms with Gasteiger partial charge in [-0.2, -0.15) is 0 Å². The minimum atomic E-state index is -3.99. The van der Waals surface area contributed by atoms with Crippen molar-refractivity contribution in [2.45, 2.75) is 37.5 Å². The predicted octanol–water partition coefficient (Wildman–Crippen LogP) is 5.11. The number of aromatic nitrogens is 2. The molecule has 8 nitrogen and oxygen atoms in total. The van der Waals surface area contributed by atoms with Crippen LogP contribution in [0, 0.1) is 12.8 Å². The maximum atomic E-state index is 13.1. The Morgan fingerprint density at radius 3 is 2.67 bits per heavy atom. The van der Waals surface area contributed by atoms with Gasteiger partial charge in [-0.05, 0) is 55.7 Å². The second-order valence-corrected chi connectivity index (χ2v) is 10.8. The Balaban J connectivity index is 1.64. The van der Waals surface area contributed by atoms with Crippen molar-refractivity contribution in [3.63, 3.8) is 0 Å². The molecule has 1 amide bonds. The van der Waals surface area contributed by atoms with E-state index in [2.05, 4.69) is 20.0 Å². The highest BCUT2D eigenvalue weighted by Gasteiger charge is 2.25. The van der Waals surface area contributed by atoms with E-state index in [-0.39, 0.29) is 33.3 Å². The van der Waals surface area contributed by atoms with Crippen molar-refractivity contribution in [1.82, 2.24) is 9.97 Å². The summed E-state index contributed by atoms with van der Waals surface area (Å²) in [6, 6.07) is 7.82. The van der Waals surface area contributed by atoms with Crippen molar-refractivity contribution in [2.75, 3.05) is 17.1 Å². The zero-order valence-electron chi connectivity index (χ0n) is 18.1. The molecule has 174 valence electrons. The number of nitrogens with one attached hydrogen (secondary N) is 2. The summed E-state index contributed by atoms with van der Waals surface area (Å²) in [6.45, 7) is 1.83. The molecule has 1 fully saturated rings. The third-order valence-corrected chi connectivity index (χ3v) is 8.18. The second-order valence-electron chi connectivity index (χ2n) is 7.74. The van der Waals surface area contributed by atoms with Gasteiger partial charge in [0.15, 0.2) is 5.13 Å². The predicted molar refractivity (Wildman–Crippen MR) is 129 cm³/mol. The molecule has 0 spiro atoms. The first-order valence-corrected chi connectivity index (χ1v) is 13.1. The molecule has 1 aromatic carbocycles. The third kappa shape index (κ3) is 5.29. The number of hydrogen-bond donors (Lipinski definition) is 2. The van der Waals surface area contributed by atoms with Gasteiger partial charge in [0.1, 0.15) is 15.8 Å². The summed E-state index contributed by atoms with van der Waals surface area (Å²) >= 11 is 7.19. The molecule has 0 aliphatic heterocycles. The van der Waals surface area contributed by atoms with E-state index in [0.717, 1.165) is 30.6 Å². The van der Waals surface area contributed by atoms with Crippen LogP contribution in [-0.2, 0) is 14.8 Å². The minimum absolute atomic E-state index is 0.00832. The number of hydrogen-bond acceptors (Lipinski definition) is 7. The number of anilines is 2. The number of halogens is 1. The lowest BCUT2D eigenvalue weighted by atomic mass is 10.1. The number of methoxy groups -OCH3 is 1. The van der Waals surface area contributed by atoms with Gasteiger partial charge in [-0.1, -0.05) is 35.8 Å². The van der Waals surface area contributed by atoms with Gasteiger partial charge in [0.05, 0.1) is 23.4 Å². The van der Waals surface area contributed by atoms with E-state index in [1.165, 1.54) is 42.8 Å². The van der Waals surface area contributed by atoms with Gasteiger partial charge < -0.3 is 10.1 Å². The number of sulfonamides is 1. The number of pyridine rings is 1. The van der Waals surface area contributed by atoms with Crippen LogP contribution in [0.25, 0.3) is 10.4 Å². The van der Waals surface area contributed by atoms with Crippen LogP contribution in [0.5, 0.6) is 5.75 Å². The minimum Gasteiger partial charge on any atom is -0.495 e. The fourth-order valence-electron chi connectivity index (χ4n) is 3.82. The van der Waals surface area contributed by atoms with Crippen LogP contribution < -0.4 is 14.8 Å². The number of nitrogens with zero attached hydrogens (tertiary/aromatic N) is 2. The Labute approximate surface area is 201 Å². The topological polar surface area (TPSA) is 110 Å². The molecule has 1 aliphatic rings. The Bertz CT molecular complexity index is 1290. The monoisotopic (exact) mass is 506 g/mol. The number of rotatable bonds is 7. The smallest absolute Gasteiger partial charge is 0.265 e. The van der Waals surface area contributed by atoms with Crippen molar-refractivity contribution in [3.8, 4) is 16.2 Å². The molecule has 3 aromatic rings. The normalized spacial score (nSPS) is 14.3. The Morgan fingerprint density at radius 1 is 1.21 bits per heavy atom. The summed E-state index contributed by atoms with van der Waals surface area (Å²) in [6.07, 6.45) is 5.36. The number of carbonyl (C=O) groups excluding carboxylic acids is 1. The van der Waals surface area contributed by atoms with Crippen molar-refractivity contribution in [3.05, 3.63) is 47.4 Å². The van der Waals surface area contributed by atoms with Gasteiger partial charge in [-0.15, -0.1) is 0 Å². The SMILES string of the molecule is COc1ccc(-c2sc(NC(=O)C3CCCC3)nc2C)cc1S(=O)(=O)Nc1ccnc(Cl)c1. The molecule has 2 aromatic heterocycles. The molecular weight excluding hydrogens is 484 g/mol. The number of benzene rings is 1. The number of ether oxygens (including phenoxy) is 1. The average molecular weight is 507 g/mol. The molecule has 0 atom stereocenters. The van der Waals surface area contributed by atoms with Gasteiger partial charge >= 0.3 is 0 Å². The third-order valence-electron chi connectivity index (χ3n) is 5.45. The Kier molecular flexibility index (Phi) is 6.87. The number of carbonyl (C=O) groups is 1. The van der Waals surface area contributed by atoms with E-state index in [0.29, 0.717) is 16.4 Å². The lowest BCUT2D eigenvalue weighted by Gasteiger charge is -2.13. The Morgan fingerprint density at radius 2 is 1.97 bits per heavy atom. The summed E-state index contributed by atoms with van der Waals surface area (Å²) in [5.41, 5.74) is 1.64. The summed E-state index contributed by atoms with van der Waals surface area (Å²) in [4.78, 5) is 21.6. The Hall–Kier alpha value is -2.69. The summed E-state index contributed by atoms with van der Waals surface area (Å²) in [5.74, 6) is 0.220. The van der Waals surface area contributed by atoms with Crippen LogP contribution in [0.15, 0.2) is 41.4 Å². The van der Waals surface area contributed by atoms with Crippen LogP contribution in [-0.4, -0.2) is 31.4 Å². The first-order valence-electron chi connectivity index (χ1n) is 10.4. The fourth-order valence-corrected chi connectivity index (χ4v) is 6.20. The summed E-state index contributed by atoms with van der Waals surface area (Å²) in [7, 11) is -2.58. The second kappa shape index (κ2) is 9.66. The van der Waals surface area contributed by atoms with Crippen molar-refractivity contribution < 1.29 is 17.9 Å². The standard InChI is InChI=1S/C22H23ClN4O4S2/c1-13-20(32-22(25-13)26-21(28)14-5-3-4-6-14)15-7-8-17(31-2)18(11-15)33(29,30)27-16-9-10-24-19(23)12-16/h7-12,14H,3-6H2,1-2H3,(H,24,27)(H,25,26,28). The van der Waals surface area contributed by atoms with E-state index in [1.807, 2.05) is 6.92 Å². The average Bonchev–Trinajstić information content (AvgIpc) is 3.43. The highest BCUT2D eigenvalue weighted by atomic mass is 35.5. The van der Waals surface area contributed by atoms with Crippen LogP contribution in [0.1, 0.15) is 31.4 Å². The van der Waals surface area contributed by atoms with Crippen molar-refractivity contribution in [1.29, 1.82) is 0 Å². The van der Waals surface area contributed by atoms with E-state index >= 15 is 0 Å². The van der Waals surface area contributed by atoms with Crippen molar-refractivity contribution in [2.24, 2.45) is 5.92 Å². The number of aryl methyl sites for hydroxylation is 1. The van der Waals surface area contributed by atoms with Gasteiger partial charge in [0.2, 0.25) is 5.91 Å². The quantitative estimate of drug-likeness (QED) is 0.431. The lowest BCUT2D eigenvalue weighted by Crippen LogP contribution is -2.20. The molecule has 11 heteroatoms. The maximum Gasteiger partial charge on any atom is 0.265 e. The highest BCUT2D eigenvalue weighted by Crippen LogP contribution is 2.37. The van der Waals surface area contributed by atoms with Gasteiger partial charge in [0, 0.05) is 12.1 Å². The molecule has 2 N–H and O–H groups in total. The first kappa shape index (κ1) is 23.5. The lowest BCUT2D eigenvalue weighted by molar-refractivity contribution is -0.119. The highest BCUT2D eigenvalue weighted by molar-refractivity contribution is 7.92. The van der Waals surface area contributed by atoms with E-state index in [1.54, 1.807) is 12.1 Å². The van der Waals surface area contributed by atoms with Crippen molar-refractivity contribution >= 4 is 49.7 Å². The molecule has 0 unspecified atom stereocenters. The molecule has 0 bridgehead atoms. The van der Waals surface area contributed by atoms with Crippen LogP contribution in [0.3, 0.4) is 0 Å². The molecule has 1 saturated carbocycles. The zero-order chi connectivity index (χ0) is 23.6. The number of amides is 1. The van der Waals surface area contributed by atoms with E-state index < -0.39 is 10.0 Å². The fraction of sp³-hybridized carbons (Fsp3) is 0.318. The number of thiazole rings is 1. The molecule has 2 heterocycles. The molecule has 1 aliphatic carbocycles. The van der Waals surface area contributed by atoms with Crippen LogP contribution >= 0.6 is 22.9 Å². The largest absolute Gasteiger partial charge is 0.495 e. The van der Waals surface area contributed by atoms with E-state index in [9.17, 15) is 13.2 Å². The molecular formula is C22H23ClN4O4S2. The molecule has 0 radical (unpaired) electrons. The summed E-state index contributed by atoms with van der Waals surface area (Å²) < 4.78 is 34.1. The van der Waals surface area contributed by atoms with Gasteiger partial charge in [-0.3, -0.25) is 9.52 Å². The van der Waals surface area contributed by atoms with Crippen LogP contribution in [0.2, 0.25) is 5.15 Å². The maximum absolute atomic E-state index is 13.1. The molecule has 33 heavy (non-hydrogen) atoms. The first-order chi connectivity index (χ1) is 15.8. The van der Waals surface area contributed by atoms with E-state index in [4.69, 9.17) is 16.3 Å². The van der Waals surface area contributed by atoms with Gasteiger partial charge in [0.25, 0.3) is 10.0 Å².